The average molecular weight is 298 g/mol. The van der Waals surface area contributed by atoms with Crippen LogP contribution in [0.5, 0.6) is 0 Å². The lowest BCUT2D eigenvalue weighted by Crippen LogP contribution is -2.46. The summed E-state index contributed by atoms with van der Waals surface area (Å²) in [4.78, 5) is 0. The molecule has 108 valence electrons. The number of hydrogen-bond donors (Lipinski definition) is 2. The maximum absolute atomic E-state index is 12.1. The maximum atomic E-state index is 12.1. The van der Waals surface area contributed by atoms with Crippen molar-refractivity contribution in [2.24, 2.45) is 17.6 Å². The van der Waals surface area contributed by atoms with Gasteiger partial charge in [0.25, 0.3) is 10.2 Å². The smallest absolute Gasteiger partial charge is 0.279 e. The molecule has 0 aromatic carbocycles. The van der Waals surface area contributed by atoms with Crippen molar-refractivity contribution in [3.05, 3.63) is 0 Å². The third kappa shape index (κ3) is 4.06. The van der Waals surface area contributed by atoms with Crippen molar-refractivity contribution in [2.45, 2.75) is 38.1 Å². The summed E-state index contributed by atoms with van der Waals surface area (Å²) >= 11 is 0. The van der Waals surface area contributed by atoms with E-state index >= 15 is 0 Å². The van der Waals surface area contributed by atoms with Gasteiger partial charge < -0.3 is 5.73 Å². The molecule has 0 aliphatic heterocycles. The summed E-state index contributed by atoms with van der Waals surface area (Å²) in [6.07, 6.45) is 5.35. The second-order valence-electron chi connectivity index (χ2n) is 5.38. The van der Waals surface area contributed by atoms with E-state index in [-0.39, 0.29) is 18.4 Å². The zero-order valence-corrected chi connectivity index (χ0v) is 12.5. The number of halogens is 1. The van der Waals surface area contributed by atoms with Crippen molar-refractivity contribution >= 4 is 22.6 Å². The minimum Gasteiger partial charge on any atom is -0.330 e. The Hall–Kier alpha value is 0.120. The third-order valence-electron chi connectivity index (χ3n) is 3.88. The molecule has 2 atom stereocenters. The van der Waals surface area contributed by atoms with Crippen molar-refractivity contribution in [2.75, 3.05) is 20.1 Å². The van der Waals surface area contributed by atoms with Crippen LogP contribution in [-0.2, 0) is 10.2 Å². The zero-order chi connectivity index (χ0) is 12.5. The van der Waals surface area contributed by atoms with Crippen molar-refractivity contribution < 1.29 is 8.42 Å². The molecule has 7 heteroatoms. The molecule has 0 aromatic rings. The molecule has 0 bridgehead atoms. The van der Waals surface area contributed by atoms with Crippen molar-refractivity contribution in [3.8, 4) is 0 Å². The number of nitrogens with zero attached hydrogens (tertiary/aromatic N) is 1. The van der Waals surface area contributed by atoms with E-state index in [1.807, 2.05) is 0 Å². The first-order chi connectivity index (χ1) is 8.03. The van der Waals surface area contributed by atoms with Gasteiger partial charge in [-0.3, -0.25) is 0 Å². The van der Waals surface area contributed by atoms with Gasteiger partial charge in [0.15, 0.2) is 0 Å². The fourth-order valence-electron chi connectivity index (χ4n) is 2.52. The predicted molar refractivity (Wildman–Crippen MR) is 74.8 cm³/mol. The molecule has 5 nitrogen and oxygen atoms in total. The molecule has 2 aliphatic rings. The highest BCUT2D eigenvalue weighted by atomic mass is 35.5. The molecule has 2 saturated carbocycles. The SMILES string of the molecule is CN(CC1CC1)S(=O)(=O)NC1CCCC1CN.Cl. The molecule has 2 rings (SSSR count). The zero-order valence-electron chi connectivity index (χ0n) is 10.8. The van der Waals surface area contributed by atoms with Crippen LogP contribution in [-0.4, -0.2) is 38.9 Å². The van der Waals surface area contributed by atoms with Crippen LogP contribution >= 0.6 is 12.4 Å². The summed E-state index contributed by atoms with van der Waals surface area (Å²) in [6, 6.07) is 0.0339. The van der Waals surface area contributed by atoms with E-state index in [1.165, 1.54) is 4.31 Å². The Kier molecular flexibility index (Phi) is 5.86. The summed E-state index contributed by atoms with van der Waals surface area (Å²) < 4.78 is 28.4. The van der Waals surface area contributed by atoms with Gasteiger partial charge in [-0.05, 0) is 44.1 Å². The molecule has 3 N–H and O–H groups in total. The molecule has 0 radical (unpaired) electrons. The minimum absolute atomic E-state index is 0. The summed E-state index contributed by atoms with van der Waals surface area (Å²) in [6.45, 7) is 1.22. The van der Waals surface area contributed by atoms with Gasteiger partial charge in [-0.25, -0.2) is 0 Å². The Morgan fingerprint density at radius 3 is 2.50 bits per heavy atom. The Morgan fingerprint density at radius 2 is 1.94 bits per heavy atom. The van der Waals surface area contributed by atoms with Crippen LogP contribution in [0.2, 0.25) is 0 Å². The van der Waals surface area contributed by atoms with Gasteiger partial charge in [0.2, 0.25) is 0 Å². The van der Waals surface area contributed by atoms with E-state index in [0.29, 0.717) is 24.9 Å². The van der Waals surface area contributed by atoms with E-state index < -0.39 is 10.2 Å². The van der Waals surface area contributed by atoms with Gasteiger partial charge >= 0.3 is 0 Å². The normalized spacial score (nSPS) is 28.4. The molecule has 2 aliphatic carbocycles. The topological polar surface area (TPSA) is 75.4 Å². The van der Waals surface area contributed by atoms with Crippen LogP contribution in [0, 0.1) is 11.8 Å². The first kappa shape index (κ1) is 16.2. The van der Waals surface area contributed by atoms with Crippen LogP contribution in [0.25, 0.3) is 0 Å². The van der Waals surface area contributed by atoms with Crippen LogP contribution in [0.15, 0.2) is 0 Å². The van der Waals surface area contributed by atoms with Crippen molar-refractivity contribution in [1.82, 2.24) is 9.03 Å². The van der Waals surface area contributed by atoms with Crippen LogP contribution in [0.3, 0.4) is 0 Å². The number of hydrogen-bond acceptors (Lipinski definition) is 3. The fraction of sp³-hybridized carbons (Fsp3) is 1.00. The van der Waals surface area contributed by atoms with Crippen molar-refractivity contribution in [1.29, 1.82) is 0 Å². The summed E-state index contributed by atoms with van der Waals surface area (Å²) in [7, 11) is -1.65. The summed E-state index contributed by atoms with van der Waals surface area (Å²) in [5.41, 5.74) is 5.66. The predicted octanol–water partition coefficient (Wildman–Crippen LogP) is 0.712. The standard InChI is InChI=1S/C11H23N3O2S.ClH/c1-14(8-9-5-6-9)17(15,16)13-11-4-2-3-10(11)7-12;/h9-11,13H,2-8,12H2,1H3;1H. The third-order valence-corrected chi connectivity index (χ3v) is 5.45. The maximum Gasteiger partial charge on any atom is 0.279 e. The van der Waals surface area contributed by atoms with Gasteiger partial charge in [0, 0.05) is 19.6 Å². The number of rotatable bonds is 6. The fourth-order valence-corrected chi connectivity index (χ4v) is 3.80. The Morgan fingerprint density at radius 1 is 1.28 bits per heavy atom. The van der Waals surface area contributed by atoms with Gasteiger partial charge in [-0.2, -0.15) is 17.4 Å². The number of nitrogens with one attached hydrogen (secondary N) is 1. The molecule has 0 aromatic heterocycles. The highest BCUT2D eigenvalue weighted by Gasteiger charge is 2.33. The lowest BCUT2D eigenvalue weighted by Gasteiger charge is -2.24. The van der Waals surface area contributed by atoms with Gasteiger partial charge in [0.1, 0.15) is 0 Å². The molecule has 0 heterocycles. The lowest BCUT2D eigenvalue weighted by atomic mass is 10.1. The molecule has 0 saturated heterocycles. The second-order valence-corrected chi connectivity index (χ2v) is 7.19. The summed E-state index contributed by atoms with van der Waals surface area (Å²) in [5.74, 6) is 0.879. The largest absolute Gasteiger partial charge is 0.330 e. The molecular formula is C11H24ClN3O2S. The Balaban J connectivity index is 0.00000162. The van der Waals surface area contributed by atoms with E-state index in [9.17, 15) is 8.42 Å². The molecular weight excluding hydrogens is 274 g/mol. The van der Waals surface area contributed by atoms with Crippen LogP contribution in [0.4, 0.5) is 0 Å². The van der Waals surface area contributed by atoms with Crippen molar-refractivity contribution in [3.63, 3.8) is 0 Å². The van der Waals surface area contributed by atoms with Gasteiger partial charge in [0.05, 0.1) is 0 Å². The molecule has 0 amide bonds. The average Bonchev–Trinajstić information content (AvgIpc) is 2.97. The molecule has 18 heavy (non-hydrogen) atoms. The second kappa shape index (κ2) is 6.52. The quantitative estimate of drug-likeness (QED) is 0.758. The van der Waals surface area contributed by atoms with E-state index in [1.54, 1.807) is 7.05 Å². The van der Waals surface area contributed by atoms with Gasteiger partial charge in [-0.1, -0.05) is 6.42 Å². The van der Waals surface area contributed by atoms with Crippen LogP contribution in [0.1, 0.15) is 32.1 Å². The van der Waals surface area contributed by atoms with E-state index in [0.717, 1.165) is 32.1 Å². The summed E-state index contributed by atoms with van der Waals surface area (Å²) in [5, 5.41) is 0. The molecule has 2 fully saturated rings. The first-order valence-corrected chi connectivity index (χ1v) is 7.90. The Labute approximate surface area is 116 Å². The van der Waals surface area contributed by atoms with Crippen LogP contribution < -0.4 is 10.5 Å². The minimum atomic E-state index is -3.31. The molecule has 0 spiro atoms. The first-order valence-electron chi connectivity index (χ1n) is 6.46. The van der Waals surface area contributed by atoms with E-state index in [2.05, 4.69) is 4.72 Å². The molecule has 2 unspecified atom stereocenters. The van der Waals surface area contributed by atoms with Gasteiger partial charge in [-0.15, -0.1) is 12.4 Å². The lowest BCUT2D eigenvalue weighted by molar-refractivity contribution is 0.407. The monoisotopic (exact) mass is 297 g/mol. The highest BCUT2D eigenvalue weighted by molar-refractivity contribution is 7.87. The highest BCUT2D eigenvalue weighted by Crippen LogP contribution is 2.30. The van der Waals surface area contributed by atoms with E-state index in [4.69, 9.17) is 5.73 Å². The number of nitrogens with two attached hydrogens (primary N) is 1. The Bertz CT molecular complexity index is 359.